The first kappa shape index (κ1) is 15.0. The zero-order valence-corrected chi connectivity index (χ0v) is 11.5. The van der Waals surface area contributed by atoms with Gasteiger partial charge in [-0.2, -0.15) is 0 Å². The second-order valence-electron chi connectivity index (χ2n) is 5.15. The number of benzene rings is 1. The van der Waals surface area contributed by atoms with E-state index in [-0.39, 0.29) is 0 Å². The molecule has 1 saturated carbocycles. The van der Waals surface area contributed by atoms with Crippen LogP contribution in [0.3, 0.4) is 0 Å². The Bertz CT molecular complexity index is 530. The van der Waals surface area contributed by atoms with Crippen molar-refractivity contribution in [2.75, 3.05) is 0 Å². The summed E-state index contributed by atoms with van der Waals surface area (Å²) in [5.74, 6) is -3.08. The van der Waals surface area contributed by atoms with E-state index in [1.165, 1.54) is 0 Å². The van der Waals surface area contributed by atoms with Gasteiger partial charge in [-0.05, 0) is 25.0 Å². The minimum Gasteiger partial charge on any atom is -0.481 e. The molecule has 2 unspecified atom stereocenters. The fourth-order valence-corrected chi connectivity index (χ4v) is 2.61. The van der Waals surface area contributed by atoms with E-state index in [1.807, 2.05) is 0 Å². The highest BCUT2D eigenvalue weighted by atomic mass is 16.4. The minimum atomic E-state index is -0.954. The summed E-state index contributed by atoms with van der Waals surface area (Å²) in [5.41, 5.74) is 5.08. The first-order valence-corrected chi connectivity index (χ1v) is 6.97. The molecule has 0 bridgehead atoms. The third kappa shape index (κ3) is 3.81. The molecular formula is C15H18N2O4. The lowest BCUT2D eigenvalue weighted by Gasteiger charge is -2.27. The average Bonchev–Trinajstić information content (AvgIpc) is 2.53. The van der Waals surface area contributed by atoms with Gasteiger partial charge in [0.05, 0.1) is 11.8 Å². The van der Waals surface area contributed by atoms with Crippen molar-refractivity contribution in [3.8, 4) is 0 Å². The van der Waals surface area contributed by atoms with E-state index >= 15 is 0 Å². The molecule has 3 N–H and O–H groups in total. The van der Waals surface area contributed by atoms with Gasteiger partial charge in [-0.25, -0.2) is 0 Å². The molecule has 0 saturated heterocycles. The molecule has 0 radical (unpaired) electrons. The Balaban J connectivity index is 1.92. The van der Waals surface area contributed by atoms with Crippen molar-refractivity contribution in [1.29, 1.82) is 0 Å². The largest absolute Gasteiger partial charge is 0.481 e. The highest BCUT2D eigenvalue weighted by molar-refractivity contribution is 5.95. The molecule has 21 heavy (non-hydrogen) atoms. The van der Waals surface area contributed by atoms with Crippen molar-refractivity contribution in [3.05, 3.63) is 35.9 Å². The Morgan fingerprint density at radius 2 is 1.57 bits per heavy atom. The fourth-order valence-electron chi connectivity index (χ4n) is 2.61. The van der Waals surface area contributed by atoms with E-state index in [4.69, 9.17) is 5.11 Å². The third-order valence-electron chi connectivity index (χ3n) is 3.76. The summed E-state index contributed by atoms with van der Waals surface area (Å²) in [4.78, 5) is 35.0. The summed E-state index contributed by atoms with van der Waals surface area (Å²) >= 11 is 0. The van der Waals surface area contributed by atoms with Crippen molar-refractivity contribution < 1.29 is 19.5 Å². The molecule has 2 atom stereocenters. The van der Waals surface area contributed by atoms with Crippen LogP contribution in [0.5, 0.6) is 0 Å². The Morgan fingerprint density at radius 1 is 0.952 bits per heavy atom. The van der Waals surface area contributed by atoms with Gasteiger partial charge >= 0.3 is 5.97 Å². The van der Waals surface area contributed by atoms with Crippen LogP contribution in [0.2, 0.25) is 0 Å². The Kier molecular flexibility index (Phi) is 4.92. The average molecular weight is 290 g/mol. The molecule has 6 nitrogen and oxygen atoms in total. The summed E-state index contributed by atoms with van der Waals surface area (Å²) in [5, 5.41) is 9.15. The first-order valence-electron chi connectivity index (χ1n) is 6.97. The van der Waals surface area contributed by atoms with Gasteiger partial charge in [0.2, 0.25) is 5.91 Å². The summed E-state index contributed by atoms with van der Waals surface area (Å²) in [7, 11) is 0. The Labute approximate surface area is 122 Å². The van der Waals surface area contributed by atoms with Gasteiger partial charge in [-0.3, -0.25) is 25.2 Å². The number of carbonyl (C=O) groups is 3. The number of amides is 2. The summed E-state index contributed by atoms with van der Waals surface area (Å²) in [6.07, 6.45) is 2.68. The van der Waals surface area contributed by atoms with Gasteiger partial charge in [0, 0.05) is 5.56 Å². The number of aliphatic carboxylic acids is 1. The number of carboxylic acids is 1. The van der Waals surface area contributed by atoms with Gasteiger partial charge in [-0.15, -0.1) is 0 Å². The fraction of sp³-hybridized carbons (Fsp3) is 0.400. The van der Waals surface area contributed by atoms with E-state index < -0.39 is 29.6 Å². The maximum atomic E-state index is 12.1. The number of nitrogens with one attached hydrogen (secondary N) is 2. The molecule has 0 spiro atoms. The van der Waals surface area contributed by atoms with Crippen LogP contribution >= 0.6 is 0 Å². The summed E-state index contributed by atoms with van der Waals surface area (Å²) in [6, 6.07) is 8.48. The van der Waals surface area contributed by atoms with Crippen LogP contribution < -0.4 is 10.9 Å². The van der Waals surface area contributed by atoms with Crippen molar-refractivity contribution in [1.82, 2.24) is 10.9 Å². The molecule has 2 rings (SSSR count). The molecule has 1 aromatic rings. The maximum Gasteiger partial charge on any atom is 0.307 e. The molecule has 0 heterocycles. The van der Waals surface area contributed by atoms with Gasteiger partial charge < -0.3 is 5.11 Å². The lowest BCUT2D eigenvalue weighted by atomic mass is 9.79. The number of hydrogen-bond donors (Lipinski definition) is 3. The monoisotopic (exact) mass is 290 g/mol. The van der Waals surface area contributed by atoms with Crippen LogP contribution in [0.4, 0.5) is 0 Å². The Hall–Kier alpha value is -2.37. The normalized spacial score (nSPS) is 21.3. The number of carboxylic acid groups (broad SMARTS) is 1. The summed E-state index contributed by atoms with van der Waals surface area (Å²) < 4.78 is 0. The minimum absolute atomic E-state index is 0.424. The molecule has 0 aromatic heterocycles. The quantitative estimate of drug-likeness (QED) is 0.732. The predicted molar refractivity (Wildman–Crippen MR) is 75.1 cm³/mol. The zero-order valence-electron chi connectivity index (χ0n) is 11.5. The molecule has 2 amide bonds. The number of carbonyl (C=O) groups excluding carboxylic acids is 2. The van der Waals surface area contributed by atoms with Crippen LogP contribution in [0.1, 0.15) is 36.0 Å². The van der Waals surface area contributed by atoms with Crippen LogP contribution in [0, 0.1) is 11.8 Å². The number of rotatable bonds is 3. The van der Waals surface area contributed by atoms with Gasteiger partial charge in [0.25, 0.3) is 5.91 Å². The summed E-state index contributed by atoms with van der Waals surface area (Å²) in [6.45, 7) is 0. The second-order valence-corrected chi connectivity index (χ2v) is 5.15. The van der Waals surface area contributed by atoms with Crippen LogP contribution in [-0.4, -0.2) is 22.9 Å². The van der Waals surface area contributed by atoms with E-state index in [9.17, 15) is 14.4 Å². The molecule has 0 aliphatic heterocycles. The van der Waals surface area contributed by atoms with Crippen LogP contribution in [0.25, 0.3) is 0 Å². The van der Waals surface area contributed by atoms with E-state index in [1.54, 1.807) is 30.3 Å². The highest BCUT2D eigenvalue weighted by Gasteiger charge is 2.35. The van der Waals surface area contributed by atoms with E-state index in [2.05, 4.69) is 10.9 Å². The molecule has 6 heteroatoms. The van der Waals surface area contributed by atoms with E-state index in [0.29, 0.717) is 18.4 Å². The van der Waals surface area contributed by atoms with Gasteiger partial charge in [0.1, 0.15) is 0 Å². The zero-order chi connectivity index (χ0) is 15.2. The molecule has 112 valence electrons. The topological polar surface area (TPSA) is 95.5 Å². The predicted octanol–water partition coefficient (Wildman–Crippen LogP) is 1.34. The van der Waals surface area contributed by atoms with Crippen LogP contribution in [-0.2, 0) is 9.59 Å². The molecule has 1 aromatic carbocycles. The smallest absolute Gasteiger partial charge is 0.307 e. The maximum absolute atomic E-state index is 12.1. The molecule has 1 aliphatic rings. The van der Waals surface area contributed by atoms with Gasteiger partial charge in [-0.1, -0.05) is 31.0 Å². The SMILES string of the molecule is O=C(NNC(=O)C1CCCCC1C(=O)O)c1ccccc1. The van der Waals surface area contributed by atoms with Gasteiger partial charge in [0.15, 0.2) is 0 Å². The molecular weight excluding hydrogens is 272 g/mol. The standard InChI is InChI=1S/C15H18N2O4/c18-13(10-6-2-1-3-7-10)16-17-14(19)11-8-4-5-9-12(11)15(20)21/h1-3,6-7,11-12H,4-5,8-9H2,(H,16,18)(H,17,19)(H,20,21). The van der Waals surface area contributed by atoms with Crippen molar-refractivity contribution in [2.45, 2.75) is 25.7 Å². The van der Waals surface area contributed by atoms with Crippen molar-refractivity contribution in [3.63, 3.8) is 0 Å². The van der Waals surface area contributed by atoms with Crippen molar-refractivity contribution in [2.24, 2.45) is 11.8 Å². The van der Waals surface area contributed by atoms with Crippen LogP contribution in [0.15, 0.2) is 30.3 Å². The van der Waals surface area contributed by atoms with E-state index in [0.717, 1.165) is 12.8 Å². The lowest BCUT2D eigenvalue weighted by molar-refractivity contribution is -0.149. The lowest BCUT2D eigenvalue weighted by Crippen LogP contribution is -2.47. The second kappa shape index (κ2) is 6.88. The Morgan fingerprint density at radius 3 is 2.19 bits per heavy atom. The van der Waals surface area contributed by atoms with Crippen molar-refractivity contribution >= 4 is 17.8 Å². The number of hydrazine groups is 1. The highest BCUT2D eigenvalue weighted by Crippen LogP contribution is 2.30. The molecule has 1 fully saturated rings. The first-order chi connectivity index (χ1) is 10.1. The number of hydrogen-bond acceptors (Lipinski definition) is 3. The molecule has 1 aliphatic carbocycles. The third-order valence-corrected chi connectivity index (χ3v) is 3.76.